The van der Waals surface area contributed by atoms with Crippen LogP contribution in [0.25, 0.3) is 0 Å². The van der Waals surface area contributed by atoms with E-state index in [1.54, 1.807) is 0 Å². The maximum absolute atomic E-state index is 12.8. The molecule has 2 rings (SSSR count). The van der Waals surface area contributed by atoms with E-state index in [9.17, 15) is 14.0 Å². The van der Waals surface area contributed by atoms with Gasteiger partial charge < -0.3 is 16.4 Å². The van der Waals surface area contributed by atoms with Crippen LogP contribution in [0.1, 0.15) is 33.9 Å². The highest BCUT2D eigenvalue weighted by atomic mass is 19.1. The molecule has 0 saturated heterocycles. The Morgan fingerprint density at radius 2 is 1.60 bits per heavy atom. The van der Waals surface area contributed by atoms with Crippen LogP contribution < -0.4 is 16.4 Å². The van der Waals surface area contributed by atoms with E-state index in [1.807, 2.05) is 31.2 Å². The fraction of sp³-hybridized carbons (Fsp3) is 0.263. The van der Waals surface area contributed by atoms with Gasteiger partial charge >= 0.3 is 0 Å². The lowest BCUT2D eigenvalue weighted by Gasteiger charge is -2.13. The molecule has 2 aromatic carbocycles. The summed E-state index contributed by atoms with van der Waals surface area (Å²) >= 11 is 0. The Morgan fingerprint density at radius 1 is 1.00 bits per heavy atom. The van der Waals surface area contributed by atoms with E-state index < -0.39 is 6.04 Å². The molecule has 0 aliphatic carbocycles. The fourth-order valence-corrected chi connectivity index (χ4v) is 2.24. The monoisotopic (exact) mass is 343 g/mol. The summed E-state index contributed by atoms with van der Waals surface area (Å²) in [5.41, 5.74) is 8.18. The Labute approximate surface area is 146 Å². The van der Waals surface area contributed by atoms with Crippen LogP contribution in [0, 0.1) is 12.7 Å². The van der Waals surface area contributed by atoms with Crippen molar-refractivity contribution in [3.63, 3.8) is 0 Å². The molecule has 2 amide bonds. The molecule has 2 aromatic rings. The van der Waals surface area contributed by atoms with Gasteiger partial charge in [-0.2, -0.15) is 0 Å². The lowest BCUT2D eigenvalue weighted by atomic mass is 10.1. The Morgan fingerprint density at radius 3 is 2.24 bits per heavy atom. The number of carbonyl (C=O) groups excluding carboxylic acids is 2. The standard InChI is InChI=1S/C19H22FN3O2/c1-13-3-5-14(6-4-13)17(21)19(25)23-12-2-11-22-18(24)15-7-9-16(20)10-8-15/h3-10,17H,2,11-12,21H2,1H3,(H,22,24)(H,23,25). The highest BCUT2D eigenvalue weighted by Gasteiger charge is 2.14. The van der Waals surface area contributed by atoms with Crippen molar-refractivity contribution in [3.8, 4) is 0 Å². The number of hydrogen-bond acceptors (Lipinski definition) is 3. The number of hydrogen-bond donors (Lipinski definition) is 3. The van der Waals surface area contributed by atoms with Crippen LogP contribution in [0.15, 0.2) is 48.5 Å². The van der Waals surface area contributed by atoms with Crippen LogP contribution in [0.5, 0.6) is 0 Å². The summed E-state index contributed by atoms with van der Waals surface area (Å²) < 4.78 is 12.8. The van der Waals surface area contributed by atoms with Crippen LogP contribution in [0.4, 0.5) is 4.39 Å². The molecular formula is C19H22FN3O2. The third kappa shape index (κ3) is 5.69. The lowest BCUT2D eigenvalue weighted by molar-refractivity contribution is -0.122. The number of rotatable bonds is 7. The molecule has 5 nitrogen and oxygen atoms in total. The predicted molar refractivity (Wildman–Crippen MR) is 94.5 cm³/mol. The second kappa shape index (κ2) is 8.94. The van der Waals surface area contributed by atoms with Crippen molar-refractivity contribution >= 4 is 11.8 Å². The molecule has 0 aliphatic rings. The Kier molecular flexibility index (Phi) is 6.65. The maximum atomic E-state index is 12.8. The minimum Gasteiger partial charge on any atom is -0.354 e. The Balaban J connectivity index is 1.68. The van der Waals surface area contributed by atoms with Crippen molar-refractivity contribution in [2.75, 3.05) is 13.1 Å². The molecule has 132 valence electrons. The molecule has 0 saturated carbocycles. The zero-order valence-electron chi connectivity index (χ0n) is 14.1. The Bertz CT molecular complexity index is 714. The second-order valence-electron chi connectivity index (χ2n) is 5.80. The molecular weight excluding hydrogens is 321 g/mol. The molecule has 4 N–H and O–H groups in total. The molecule has 0 spiro atoms. The number of benzene rings is 2. The summed E-state index contributed by atoms with van der Waals surface area (Å²) in [7, 11) is 0. The number of amides is 2. The minimum atomic E-state index is -0.714. The summed E-state index contributed by atoms with van der Waals surface area (Å²) in [5.74, 6) is -0.916. The van der Waals surface area contributed by atoms with E-state index >= 15 is 0 Å². The van der Waals surface area contributed by atoms with Gasteiger partial charge in [0.25, 0.3) is 5.91 Å². The van der Waals surface area contributed by atoms with Crippen LogP contribution in [0.2, 0.25) is 0 Å². The van der Waals surface area contributed by atoms with Crippen molar-refractivity contribution in [2.24, 2.45) is 5.73 Å². The van der Waals surface area contributed by atoms with E-state index in [0.29, 0.717) is 25.1 Å². The fourth-order valence-electron chi connectivity index (χ4n) is 2.24. The number of nitrogens with two attached hydrogens (primary N) is 1. The first-order valence-electron chi connectivity index (χ1n) is 8.11. The molecule has 25 heavy (non-hydrogen) atoms. The van der Waals surface area contributed by atoms with Gasteiger partial charge in [-0.15, -0.1) is 0 Å². The first kappa shape index (κ1) is 18.6. The van der Waals surface area contributed by atoms with Gasteiger partial charge in [-0.3, -0.25) is 9.59 Å². The highest BCUT2D eigenvalue weighted by Crippen LogP contribution is 2.11. The topological polar surface area (TPSA) is 84.2 Å². The molecule has 0 radical (unpaired) electrons. The summed E-state index contributed by atoms with van der Waals surface area (Å²) in [6.45, 7) is 2.77. The third-order valence-electron chi connectivity index (χ3n) is 3.76. The average Bonchev–Trinajstić information content (AvgIpc) is 2.61. The number of carbonyl (C=O) groups is 2. The van der Waals surface area contributed by atoms with Gasteiger partial charge in [0.1, 0.15) is 11.9 Å². The number of aryl methyl sites for hydroxylation is 1. The summed E-state index contributed by atoms with van der Waals surface area (Å²) in [6.07, 6.45) is 0.569. The maximum Gasteiger partial charge on any atom is 0.251 e. The first-order valence-corrected chi connectivity index (χ1v) is 8.11. The van der Waals surface area contributed by atoms with Gasteiger partial charge in [0.2, 0.25) is 5.91 Å². The second-order valence-corrected chi connectivity index (χ2v) is 5.80. The van der Waals surface area contributed by atoms with E-state index in [2.05, 4.69) is 10.6 Å². The van der Waals surface area contributed by atoms with Crippen LogP contribution >= 0.6 is 0 Å². The van der Waals surface area contributed by atoms with Gasteiger partial charge in [-0.25, -0.2) is 4.39 Å². The number of halogens is 1. The molecule has 0 aliphatic heterocycles. The molecule has 1 unspecified atom stereocenters. The molecule has 0 fully saturated rings. The van der Waals surface area contributed by atoms with Crippen LogP contribution in [0.3, 0.4) is 0 Å². The van der Waals surface area contributed by atoms with Gasteiger partial charge in [0, 0.05) is 18.7 Å². The molecule has 1 atom stereocenters. The highest BCUT2D eigenvalue weighted by molar-refractivity contribution is 5.94. The van der Waals surface area contributed by atoms with Gasteiger partial charge in [0.05, 0.1) is 0 Å². The smallest absolute Gasteiger partial charge is 0.251 e. The van der Waals surface area contributed by atoms with E-state index in [0.717, 1.165) is 11.1 Å². The average molecular weight is 343 g/mol. The van der Waals surface area contributed by atoms with Crippen LogP contribution in [-0.2, 0) is 4.79 Å². The molecule has 0 aromatic heterocycles. The minimum absolute atomic E-state index is 0.256. The van der Waals surface area contributed by atoms with E-state index in [-0.39, 0.29) is 17.6 Å². The largest absolute Gasteiger partial charge is 0.354 e. The zero-order valence-corrected chi connectivity index (χ0v) is 14.1. The van der Waals surface area contributed by atoms with E-state index in [1.165, 1.54) is 24.3 Å². The lowest BCUT2D eigenvalue weighted by Crippen LogP contribution is -2.36. The normalized spacial score (nSPS) is 11.6. The molecule has 0 bridgehead atoms. The number of nitrogens with one attached hydrogen (secondary N) is 2. The summed E-state index contributed by atoms with van der Waals surface area (Å²) in [5, 5.41) is 5.47. The first-order chi connectivity index (χ1) is 12.0. The van der Waals surface area contributed by atoms with Crippen molar-refractivity contribution in [2.45, 2.75) is 19.4 Å². The van der Waals surface area contributed by atoms with Crippen molar-refractivity contribution < 1.29 is 14.0 Å². The van der Waals surface area contributed by atoms with Gasteiger partial charge in [0.15, 0.2) is 0 Å². The van der Waals surface area contributed by atoms with E-state index in [4.69, 9.17) is 5.73 Å². The summed E-state index contributed by atoms with van der Waals surface area (Å²) in [6, 6.07) is 12.1. The zero-order chi connectivity index (χ0) is 18.2. The predicted octanol–water partition coefficient (Wildman–Crippen LogP) is 2.07. The van der Waals surface area contributed by atoms with Crippen molar-refractivity contribution in [3.05, 3.63) is 71.0 Å². The third-order valence-corrected chi connectivity index (χ3v) is 3.76. The van der Waals surface area contributed by atoms with Crippen molar-refractivity contribution in [1.82, 2.24) is 10.6 Å². The van der Waals surface area contributed by atoms with Crippen LogP contribution in [-0.4, -0.2) is 24.9 Å². The van der Waals surface area contributed by atoms with Gasteiger partial charge in [-0.05, 0) is 43.2 Å². The molecule has 0 heterocycles. The van der Waals surface area contributed by atoms with Gasteiger partial charge in [-0.1, -0.05) is 29.8 Å². The summed E-state index contributed by atoms with van der Waals surface area (Å²) in [4.78, 5) is 23.9. The molecule has 6 heteroatoms. The Hall–Kier alpha value is -2.73. The quantitative estimate of drug-likeness (QED) is 0.673. The van der Waals surface area contributed by atoms with Crippen molar-refractivity contribution in [1.29, 1.82) is 0 Å². The SMILES string of the molecule is Cc1ccc(C(N)C(=O)NCCCNC(=O)c2ccc(F)cc2)cc1.